The minimum atomic E-state index is -4.96. The largest absolute Gasteiger partial charge is 0.472 e. The lowest BCUT2D eigenvalue weighted by Gasteiger charge is -2.21. The summed E-state index contributed by atoms with van der Waals surface area (Å²) in [5, 5.41) is 10.6. The molecule has 7 atom stereocenters. The first kappa shape index (κ1) is 91.1. The Labute approximate surface area is 568 Å². The standard InChI is InChI=1S/C74H144O17P2/c1-9-66(7)52-44-36-27-21-15-13-11-12-14-16-23-29-38-46-54-71(76)84-60-69(90-74(79)57-49-41-31-25-19-20-26-34-42-50-64(3)4)62-88-92(80,81)86-58-68(75)59-87-93(82,83)89-63-70(61-85-72(77)55-47-39-33-32-35-43-51-65(5)6)91-73(78)56-48-40-30-24-18-17-22-28-37-45-53-67(8)10-2/h64-70,75H,9-63H2,1-8H3,(H,80,81)(H,82,83)/t66?,67?,68-,69-,70-/m1/s1. The van der Waals surface area contributed by atoms with E-state index >= 15 is 0 Å². The SMILES string of the molecule is CCC(C)CCCCCCCCCCCCCCCCC(=O)OC[C@H](COP(=O)(O)OC[C@@H](O)COP(=O)(O)OC[C@@H](COC(=O)CCCCCCCCC(C)C)OC(=O)CCCCCCCCCCCCC(C)CC)OC(=O)CCCCCCCCCCCC(C)C. The van der Waals surface area contributed by atoms with Crippen LogP contribution in [0.2, 0.25) is 0 Å². The number of hydrogen-bond acceptors (Lipinski definition) is 15. The van der Waals surface area contributed by atoms with Gasteiger partial charge in [0.25, 0.3) is 0 Å². The molecule has 552 valence electrons. The van der Waals surface area contributed by atoms with E-state index in [1.54, 1.807) is 0 Å². The first-order valence-corrected chi connectivity index (χ1v) is 41.3. The number of carbonyl (C=O) groups excluding carboxylic acids is 4. The number of aliphatic hydroxyl groups excluding tert-OH is 1. The molecule has 0 aliphatic heterocycles. The molecule has 0 aromatic carbocycles. The highest BCUT2D eigenvalue weighted by Crippen LogP contribution is 2.45. The number of carbonyl (C=O) groups is 4. The monoisotopic (exact) mass is 1370 g/mol. The van der Waals surface area contributed by atoms with Crippen molar-refractivity contribution < 1.29 is 80.2 Å². The Kier molecular flexibility index (Phi) is 62.2. The summed E-state index contributed by atoms with van der Waals surface area (Å²) in [6.45, 7) is 14.2. The van der Waals surface area contributed by atoms with Gasteiger partial charge in [0.05, 0.1) is 26.4 Å². The van der Waals surface area contributed by atoms with E-state index in [1.165, 1.54) is 167 Å². The number of aliphatic hydroxyl groups is 1. The Hall–Kier alpha value is -1.94. The summed E-state index contributed by atoms with van der Waals surface area (Å²) in [6, 6.07) is 0. The van der Waals surface area contributed by atoms with Crippen molar-refractivity contribution in [2.45, 2.75) is 388 Å². The molecule has 0 rings (SSSR count). The van der Waals surface area contributed by atoms with E-state index in [1.807, 2.05) is 0 Å². The number of phosphoric acid groups is 2. The van der Waals surface area contributed by atoms with Gasteiger partial charge in [0.15, 0.2) is 12.2 Å². The van der Waals surface area contributed by atoms with Crippen LogP contribution in [0.3, 0.4) is 0 Å². The molecule has 0 radical (unpaired) electrons. The van der Waals surface area contributed by atoms with Gasteiger partial charge in [-0.1, -0.05) is 319 Å². The van der Waals surface area contributed by atoms with Gasteiger partial charge < -0.3 is 33.8 Å². The van der Waals surface area contributed by atoms with Crippen LogP contribution in [0.4, 0.5) is 0 Å². The molecule has 0 bridgehead atoms. The molecule has 0 aliphatic rings. The fourth-order valence-corrected chi connectivity index (χ4v) is 12.7. The first-order chi connectivity index (χ1) is 44.7. The van der Waals surface area contributed by atoms with E-state index in [4.69, 9.17) is 37.0 Å². The summed E-state index contributed by atoms with van der Waals surface area (Å²) in [4.78, 5) is 72.7. The highest BCUT2D eigenvalue weighted by atomic mass is 31.2. The Morgan fingerprint density at radius 3 is 0.763 bits per heavy atom. The smallest absolute Gasteiger partial charge is 0.462 e. The normalized spacial score (nSPS) is 14.8. The van der Waals surface area contributed by atoms with Crippen LogP contribution in [0.25, 0.3) is 0 Å². The summed E-state index contributed by atoms with van der Waals surface area (Å²) >= 11 is 0. The predicted molar refractivity (Wildman–Crippen MR) is 377 cm³/mol. The average Bonchev–Trinajstić information content (AvgIpc) is 1.99. The number of hydrogen-bond donors (Lipinski definition) is 3. The zero-order valence-electron chi connectivity index (χ0n) is 60.9. The van der Waals surface area contributed by atoms with Crippen LogP contribution < -0.4 is 0 Å². The van der Waals surface area contributed by atoms with Crippen molar-refractivity contribution in [3.63, 3.8) is 0 Å². The van der Waals surface area contributed by atoms with E-state index in [-0.39, 0.29) is 25.7 Å². The molecule has 17 nitrogen and oxygen atoms in total. The molecule has 0 heterocycles. The minimum Gasteiger partial charge on any atom is -0.462 e. The van der Waals surface area contributed by atoms with Crippen LogP contribution in [0, 0.1) is 23.7 Å². The van der Waals surface area contributed by atoms with Gasteiger partial charge in [-0.2, -0.15) is 0 Å². The topological polar surface area (TPSA) is 237 Å². The van der Waals surface area contributed by atoms with Crippen molar-refractivity contribution in [1.82, 2.24) is 0 Å². The summed E-state index contributed by atoms with van der Waals surface area (Å²) in [5.41, 5.74) is 0. The molecule has 0 amide bonds. The molecule has 0 aromatic rings. The third kappa shape index (κ3) is 65.8. The van der Waals surface area contributed by atoms with Crippen molar-refractivity contribution in [3.05, 3.63) is 0 Å². The maximum Gasteiger partial charge on any atom is 0.472 e. The molecule has 0 saturated carbocycles. The molecule has 4 unspecified atom stereocenters. The van der Waals surface area contributed by atoms with Gasteiger partial charge in [-0.05, 0) is 49.4 Å². The van der Waals surface area contributed by atoms with Crippen molar-refractivity contribution in [2.75, 3.05) is 39.6 Å². The highest BCUT2D eigenvalue weighted by Gasteiger charge is 2.30. The lowest BCUT2D eigenvalue weighted by atomic mass is 9.99. The number of esters is 4. The first-order valence-electron chi connectivity index (χ1n) is 38.3. The van der Waals surface area contributed by atoms with Crippen molar-refractivity contribution in [2.24, 2.45) is 23.7 Å². The fraction of sp³-hybridized carbons (Fsp3) is 0.946. The zero-order valence-corrected chi connectivity index (χ0v) is 62.7. The molecule has 0 fully saturated rings. The van der Waals surface area contributed by atoms with Crippen LogP contribution in [-0.2, 0) is 65.4 Å². The number of phosphoric ester groups is 2. The Bertz CT molecular complexity index is 1840. The van der Waals surface area contributed by atoms with E-state index < -0.39 is 97.5 Å². The second kappa shape index (κ2) is 63.5. The van der Waals surface area contributed by atoms with Gasteiger partial charge in [0.1, 0.15) is 19.3 Å². The zero-order chi connectivity index (χ0) is 68.9. The number of unbranched alkanes of at least 4 members (excludes halogenated alkanes) is 35. The molecular formula is C74H144O17P2. The Balaban J connectivity index is 5.22. The van der Waals surface area contributed by atoms with Gasteiger partial charge in [-0.25, -0.2) is 9.13 Å². The Morgan fingerprint density at radius 1 is 0.301 bits per heavy atom. The summed E-state index contributed by atoms with van der Waals surface area (Å²) in [7, 11) is -9.91. The van der Waals surface area contributed by atoms with E-state index in [0.29, 0.717) is 31.6 Å². The van der Waals surface area contributed by atoms with Crippen LogP contribution >= 0.6 is 15.6 Å². The molecule has 19 heteroatoms. The van der Waals surface area contributed by atoms with Gasteiger partial charge in [0, 0.05) is 25.7 Å². The van der Waals surface area contributed by atoms with Gasteiger partial charge in [-0.3, -0.25) is 37.3 Å². The highest BCUT2D eigenvalue weighted by molar-refractivity contribution is 7.47. The van der Waals surface area contributed by atoms with Crippen LogP contribution in [0.5, 0.6) is 0 Å². The molecule has 0 saturated heterocycles. The second-order valence-corrected chi connectivity index (χ2v) is 31.0. The molecule has 0 aromatic heterocycles. The number of rotatable bonds is 71. The van der Waals surface area contributed by atoms with Crippen LogP contribution in [0.15, 0.2) is 0 Å². The quantitative estimate of drug-likeness (QED) is 0.0222. The fourth-order valence-electron chi connectivity index (χ4n) is 11.1. The number of ether oxygens (including phenoxy) is 4. The molecular weight excluding hydrogens is 1220 g/mol. The van der Waals surface area contributed by atoms with Crippen LogP contribution in [-0.4, -0.2) is 96.7 Å². The lowest BCUT2D eigenvalue weighted by Crippen LogP contribution is -2.30. The van der Waals surface area contributed by atoms with Gasteiger partial charge in [0.2, 0.25) is 0 Å². The van der Waals surface area contributed by atoms with Crippen molar-refractivity contribution >= 4 is 39.5 Å². The molecule has 0 aliphatic carbocycles. The minimum absolute atomic E-state index is 0.105. The third-order valence-electron chi connectivity index (χ3n) is 17.8. The maximum absolute atomic E-state index is 13.1. The van der Waals surface area contributed by atoms with Gasteiger partial charge >= 0.3 is 39.5 Å². The van der Waals surface area contributed by atoms with E-state index in [2.05, 4.69) is 55.4 Å². The summed E-state index contributed by atoms with van der Waals surface area (Å²) in [6.07, 6.45) is 47.2. The molecule has 3 N–H and O–H groups in total. The van der Waals surface area contributed by atoms with Crippen molar-refractivity contribution in [3.8, 4) is 0 Å². The predicted octanol–water partition coefficient (Wildman–Crippen LogP) is 21.3. The molecule has 93 heavy (non-hydrogen) atoms. The van der Waals surface area contributed by atoms with Crippen molar-refractivity contribution in [1.29, 1.82) is 0 Å². The van der Waals surface area contributed by atoms with Gasteiger partial charge in [-0.15, -0.1) is 0 Å². The third-order valence-corrected chi connectivity index (χ3v) is 19.7. The van der Waals surface area contributed by atoms with E-state index in [9.17, 15) is 43.2 Å². The van der Waals surface area contributed by atoms with Crippen LogP contribution in [0.1, 0.15) is 370 Å². The molecule has 0 spiro atoms. The second-order valence-electron chi connectivity index (χ2n) is 28.1. The average molecular weight is 1370 g/mol. The summed E-state index contributed by atoms with van der Waals surface area (Å²) in [5.74, 6) is 0.943. The maximum atomic E-state index is 13.1. The van der Waals surface area contributed by atoms with E-state index in [0.717, 1.165) is 114 Å². The Morgan fingerprint density at radius 2 is 0.516 bits per heavy atom. The lowest BCUT2D eigenvalue weighted by molar-refractivity contribution is -0.161. The summed E-state index contributed by atoms with van der Waals surface area (Å²) < 4.78 is 68.4.